The van der Waals surface area contributed by atoms with Gasteiger partial charge in [-0.15, -0.1) is 0 Å². The molecule has 0 amide bonds. The Morgan fingerprint density at radius 2 is 1.83 bits per heavy atom. The molecule has 0 aliphatic heterocycles. The maximum Gasteiger partial charge on any atom is 0.345 e. The molecule has 0 radical (unpaired) electrons. The molecule has 6 nitrogen and oxygen atoms in total. The number of ether oxygens (including phenoxy) is 1. The van der Waals surface area contributed by atoms with Crippen LogP contribution in [0, 0.1) is 0 Å². The van der Waals surface area contributed by atoms with E-state index in [1.807, 2.05) is 13.0 Å². The van der Waals surface area contributed by atoms with Gasteiger partial charge in [0.1, 0.15) is 11.4 Å². The first-order valence-electron chi connectivity index (χ1n) is 9.23. The van der Waals surface area contributed by atoms with Crippen LogP contribution in [-0.2, 0) is 11.3 Å². The van der Waals surface area contributed by atoms with Crippen molar-refractivity contribution in [3.8, 4) is 0 Å². The molecule has 1 aromatic heterocycles. The van der Waals surface area contributed by atoms with Crippen molar-refractivity contribution in [2.75, 3.05) is 19.7 Å². The number of nitrogens with one attached hydrogen (secondary N) is 1. The molecule has 1 heterocycles. The van der Waals surface area contributed by atoms with Crippen LogP contribution in [0.5, 0.6) is 0 Å². The van der Waals surface area contributed by atoms with Crippen molar-refractivity contribution >= 4 is 11.6 Å². The van der Waals surface area contributed by atoms with Gasteiger partial charge in [0.15, 0.2) is 0 Å². The zero-order valence-corrected chi connectivity index (χ0v) is 15.9. The number of hydrogen-bond acceptors (Lipinski definition) is 6. The molecule has 0 unspecified atom stereocenters. The molecular weight excluding hydrogens is 380 g/mol. The van der Waals surface area contributed by atoms with E-state index in [4.69, 9.17) is 0 Å². The fraction of sp³-hybridized carbons (Fsp3) is 0.286. The summed E-state index contributed by atoms with van der Waals surface area (Å²) in [6.07, 6.45) is 3.34. The summed E-state index contributed by atoms with van der Waals surface area (Å²) in [4.78, 5) is 32.2. The Labute approximate surface area is 167 Å². The highest BCUT2D eigenvalue weighted by atomic mass is 19.3. The van der Waals surface area contributed by atoms with Gasteiger partial charge in [-0.1, -0.05) is 30.3 Å². The van der Waals surface area contributed by atoms with E-state index in [1.54, 1.807) is 47.6 Å². The van der Waals surface area contributed by atoms with Crippen LogP contribution in [0.25, 0.3) is 0 Å². The van der Waals surface area contributed by atoms with E-state index in [0.717, 1.165) is 5.56 Å². The molecule has 0 bridgehead atoms. The molecule has 0 atom stereocenters. The maximum atomic E-state index is 13.2. The number of rotatable bonds is 9. The van der Waals surface area contributed by atoms with E-state index in [9.17, 15) is 18.4 Å². The summed E-state index contributed by atoms with van der Waals surface area (Å²) in [7, 11) is 0. The zero-order chi connectivity index (χ0) is 20.8. The van der Waals surface area contributed by atoms with Gasteiger partial charge in [-0.3, -0.25) is 14.6 Å². The number of carbonyl (C=O) groups excluding carboxylic acids is 2. The first-order valence-corrected chi connectivity index (χ1v) is 9.23. The molecule has 1 aliphatic carbocycles. The van der Waals surface area contributed by atoms with Gasteiger partial charge in [-0.25, -0.2) is 0 Å². The van der Waals surface area contributed by atoms with Gasteiger partial charge in [0.05, 0.1) is 6.61 Å². The van der Waals surface area contributed by atoms with Crippen molar-refractivity contribution in [1.29, 1.82) is 0 Å². The standard InChI is InChI=1S/C21H21F2N3O3/c1-2-26(13-14-6-5-9-24-12-14)18-17(25-10-11-29-21(22)23)19(27)15-7-3-4-8-16(15)20(18)28/h3-9,12,21,25H,2,10-11,13H2,1H3. The van der Waals surface area contributed by atoms with Crippen molar-refractivity contribution in [3.63, 3.8) is 0 Å². The molecular formula is C21H21F2N3O3. The van der Waals surface area contributed by atoms with E-state index in [2.05, 4.69) is 15.0 Å². The average molecular weight is 401 g/mol. The van der Waals surface area contributed by atoms with E-state index in [1.165, 1.54) is 0 Å². The van der Waals surface area contributed by atoms with Crippen LogP contribution in [0.1, 0.15) is 33.2 Å². The number of fused-ring (bicyclic) bond motifs is 1. The normalized spacial score (nSPS) is 13.7. The summed E-state index contributed by atoms with van der Waals surface area (Å²) in [5, 5.41) is 2.84. The van der Waals surface area contributed by atoms with Gasteiger partial charge in [0.2, 0.25) is 11.6 Å². The molecule has 0 saturated carbocycles. The second-order valence-electron chi connectivity index (χ2n) is 6.36. The molecule has 1 aromatic carbocycles. The summed E-state index contributed by atoms with van der Waals surface area (Å²) < 4.78 is 28.7. The maximum absolute atomic E-state index is 13.2. The largest absolute Gasteiger partial charge is 0.378 e. The third kappa shape index (κ3) is 4.65. The Hall–Kier alpha value is -3.13. The number of ketones is 2. The van der Waals surface area contributed by atoms with Crippen molar-refractivity contribution in [2.24, 2.45) is 0 Å². The van der Waals surface area contributed by atoms with Gasteiger partial charge in [0, 0.05) is 43.2 Å². The fourth-order valence-electron chi connectivity index (χ4n) is 3.21. The van der Waals surface area contributed by atoms with Crippen LogP contribution < -0.4 is 5.32 Å². The number of nitrogens with zero attached hydrogens (tertiary/aromatic N) is 2. The Morgan fingerprint density at radius 1 is 1.10 bits per heavy atom. The number of hydrogen-bond donors (Lipinski definition) is 1. The van der Waals surface area contributed by atoms with Gasteiger partial charge in [-0.2, -0.15) is 8.78 Å². The van der Waals surface area contributed by atoms with Crippen LogP contribution in [-0.4, -0.2) is 47.8 Å². The molecule has 1 N–H and O–H groups in total. The number of Topliss-reactive ketones (excluding diaryl/α,β-unsaturated/α-hetero) is 2. The lowest BCUT2D eigenvalue weighted by atomic mass is 9.89. The molecule has 3 rings (SSSR count). The third-order valence-electron chi connectivity index (χ3n) is 4.54. The van der Waals surface area contributed by atoms with Crippen molar-refractivity contribution < 1.29 is 23.1 Å². The average Bonchev–Trinajstić information content (AvgIpc) is 2.73. The molecule has 2 aromatic rings. The second-order valence-corrected chi connectivity index (χ2v) is 6.36. The van der Waals surface area contributed by atoms with Gasteiger partial charge in [-0.05, 0) is 18.6 Å². The molecule has 0 fully saturated rings. The Kier molecular flexibility index (Phi) is 6.66. The molecule has 29 heavy (non-hydrogen) atoms. The van der Waals surface area contributed by atoms with Gasteiger partial charge < -0.3 is 15.0 Å². The number of alkyl halides is 2. The minimum Gasteiger partial charge on any atom is -0.378 e. The Balaban J connectivity index is 1.96. The molecule has 152 valence electrons. The zero-order valence-electron chi connectivity index (χ0n) is 15.9. The molecule has 0 saturated heterocycles. The van der Waals surface area contributed by atoms with Crippen LogP contribution >= 0.6 is 0 Å². The lowest BCUT2D eigenvalue weighted by molar-refractivity contribution is -0.126. The first-order chi connectivity index (χ1) is 14.0. The predicted octanol–water partition coefficient (Wildman–Crippen LogP) is 3.02. The number of pyridine rings is 1. The molecule has 1 aliphatic rings. The van der Waals surface area contributed by atoms with E-state index in [0.29, 0.717) is 18.7 Å². The smallest absolute Gasteiger partial charge is 0.345 e. The minimum absolute atomic E-state index is 0.0329. The third-order valence-corrected chi connectivity index (χ3v) is 4.54. The van der Waals surface area contributed by atoms with Crippen molar-refractivity contribution in [3.05, 3.63) is 76.9 Å². The summed E-state index contributed by atoms with van der Waals surface area (Å²) in [6.45, 7) is -0.517. The highest BCUT2D eigenvalue weighted by molar-refractivity contribution is 6.26. The number of aromatic nitrogens is 1. The van der Waals surface area contributed by atoms with E-state index in [-0.39, 0.29) is 41.7 Å². The fourth-order valence-corrected chi connectivity index (χ4v) is 3.21. The summed E-state index contributed by atoms with van der Waals surface area (Å²) in [5.41, 5.74) is 1.80. The summed E-state index contributed by atoms with van der Waals surface area (Å²) >= 11 is 0. The van der Waals surface area contributed by atoms with Gasteiger partial charge >= 0.3 is 6.61 Å². The van der Waals surface area contributed by atoms with E-state index >= 15 is 0 Å². The van der Waals surface area contributed by atoms with E-state index < -0.39 is 6.61 Å². The molecule has 8 heteroatoms. The number of benzene rings is 1. The summed E-state index contributed by atoms with van der Waals surface area (Å²) in [5.74, 6) is -0.639. The highest BCUT2D eigenvalue weighted by Crippen LogP contribution is 2.28. The highest BCUT2D eigenvalue weighted by Gasteiger charge is 2.34. The van der Waals surface area contributed by atoms with Crippen molar-refractivity contribution in [2.45, 2.75) is 20.1 Å². The number of allylic oxidation sites excluding steroid dienone is 2. The van der Waals surface area contributed by atoms with Crippen LogP contribution in [0.15, 0.2) is 60.2 Å². The number of likely N-dealkylation sites (N-methyl/N-ethyl adjacent to an activating group) is 1. The number of carbonyl (C=O) groups is 2. The SMILES string of the molecule is CCN(Cc1cccnc1)C1=C(NCCOC(F)F)C(=O)c2ccccc2C1=O. The quantitative estimate of drug-likeness (QED) is 0.652. The lowest BCUT2D eigenvalue weighted by Crippen LogP contribution is -2.39. The Morgan fingerprint density at radius 3 is 2.45 bits per heavy atom. The lowest BCUT2D eigenvalue weighted by Gasteiger charge is -2.31. The topological polar surface area (TPSA) is 71.5 Å². The summed E-state index contributed by atoms with van der Waals surface area (Å²) in [6, 6.07) is 10.3. The van der Waals surface area contributed by atoms with Crippen molar-refractivity contribution in [1.82, 2.24) is 15.2 Å². The van der Waals surface area contributed by atoms with Gasteiger partial charge in [0.25, 0.3) is 0 Å². The predicted molar refractivity (Wildman–Crippen MR) is 102 cm³/mol. The van der Waals surface area contributed by atoms with Crippen LogP contribution in [0.3, 0.4) is 0 Å². The van der Waals surface area contributed by atoms with Crippen LogP contribution in [0.2, 0.25) is 0 Å². The first kappa shape index (κ1) is 20.6. The Bertz CT molecular complexity index is 916. The minimum atomic E-state index is -2.90. The number of halogens is 2. The second kappa shape index (κ2) is 9.38. The monoisotopic (exact) mass is 401 g/mol. The molecule has 0 spiro atoms. The van der Waals surface area contributed by atoms with Crippen LogP contribution in [0.4, 0.5) is 8.78 Å².